The monoisotopic (exact) mass is 304 g/mol. The summed E-state index contributed by atoms with van der Waals surface area (Å²) in [6.45, 7) is 3.51. The van der Waals surface area contributed by atoms with Crippen LogP contribution < -0.4 is 5.32 Å². The van der Waals surface area contributed by atoms with Gasteiger partial charge in [0.15, 0.2) is 5.78 Å². The van der Waals surface area contributed by atoms with Crippen LogP contribution in [0.1, 0.15) is 25.5 Å². The molecule has 5 heteroatoms. The van der Waals surface area contributed by atoms with Gasteiger partial charge in [-0.2, -0.15) is 10.1 Å². The van der Waals surface area contributed by atoms with Crippen LogP contribution in [0.25, 0.3) is 10.8 Å². The second kappa shape index (κ2) is 5.05. The van der Waals surface area contributed by atoms with Crippen LogP contribution in [0.4, 0.5) is 5.95 Å². The lowest BCUT2D eigenvalue weighted by Gasteiger charge is -2.28. The molecule has 0 radical (unpaired) electrons. The number of ketones is 1. The number of fused-ring (bicyclic) bond motifs is 2. The molecule has 0 fully saturated rings. The average molecular weight is 304 g/mol. The van der Waals surface area contributed by atoms with Gasteiger partial charge in [-0.25, -0.2) is 4.68 Å². The van der Waals surface area contributed by atoms with E-state index in [0.717, 1.165) is 27.6 Å². The second-order valence-electron chi connectivity index (χ2n) is 5.72. The third-order valence-corrected chi connectivity index (χ3v) is 4.29. The zero-order valence-electron chi connectivity index (χ0n) is 12.9. The van der Waals surface area contributed by atoms with Gasteiger partial charge >= 0.3 is 0 Å². The van der Waals surface area contributed by atoms with E-state index < -0.39 is 0 Å². The Morgan fingerprint density at radius 1 is 1.17 bits per heavy atom. The van der Waals surface area contributed by atoms with E-state index in [0.29, 0.717) is 5.95 Å². The smallest absolute Gasteiger partial charge is 0.226 e. The lowest BCUT2D eigenvalue weighted by molar-refractivity contribution is -0.114. The molecule has 0 aliphatic carbocycles. The summed E-state index contributed by atoms with van der Waals surface area (Å²) in [5.74, 6) is 0.694. The molecule has 5 nitrogen and oxygen atoms in total. The molecule has 1 aliphatic rings. The first kappa shape index (κ1) is 13.7. The Morgan fingerprint density at radius 3 is 2.78 bits per heavy atom. The van der Waals surface area contributed by atoms with Crippen LogP contribution in [-0.2, 0) is 4.79 Å². The Kier molecular flexibility index (Phi) is 3.01. The van der Waals surface area contributed by atoms with E-state index in [1.807, 2.05) is 25.1 Å². The van der Waals surface area contributed by atoms with Crippen LogP contribution in [0.3, 0.4) is 0 Å². The second-order valence-corrected chi connectivity index (χ2v) is 5.72. The van der Waals surface area contributed by atoms with E-state index in [1.54, 1.807) is 11.6 Å². The standard InChI is InChI=1S/C18H16N4O/c1-11-16(12(2)23)17(22-18(21-11)19-10-20-22)15-9-5-7-13-6-3-4-8-14(13)15/h3-10,17H,1-2H3,(H,19,20,21)/t17-/m0/s1. The van der Waals surface area contributed by atoms with Crippen molar-refractivity contribution in [2.24, 2.45) is 0 Å². The van der Waals surface area contributed by atoms with Gasteiger partial charge in [-0.15, -0.1) is 0 Å². The topological polar surface area (TPSA) is 59.8 Å². The highest BCUT2D eigenvalue weighted by Gasteiger charge is 2.32. The molecule has 2 heterocycles. The molecule has 1 aromatic heterocycles. The van der Waals surface area contributed by atoms with Gasteiger partial charge in [0.2, 0.25) is 5.95 Å². The number of nitrogens with one attached hydrogen (secondary N) is 1. The maximum atomic E-state index is 12.3. The largest absolute Gasteiger partial charge is 0.328 e. The summed E-state index contributed by atoms with van der Waals surface area (Å²) in [5, 5.41) is 9.78. The van der Waals surface area contributed by atoms with Crippen LogP contribution in [0.15, 0.2) is 60.1 Å². The lowest BCUT2D eigenvalue weighted by Crippen LogP contribution is -2.28. The summed E-state index contributed by atoms with van der Waals surface area (Å²) in [4.78, 5) is 16.6. The molecule has 0 saturated heterocycles. The highest BCUT2D eigenvalue weighted by atomic mass is 16.1. The minimum absolute atomic E-state index is 0.0362. The number of Topliss-reactive ketones (excluding diaryl/α,β-unsaturated/α-hetero) is 1. The predicted molar refractivity (Wildman–Crippen MR) is 89.1 cm³/mol. The fraction of sp³-hybridized carbons (Fsp3) is 0.167. The van der Waals surface area contributed by atoms with E-state index in [2.05, 4.69) is 39.7 Å². The van der Waals surface area contributed by atoms with E-state index >= 15 is 0 Å². The van der Waals surface area contributed by atoms with Gasteiger partial charge in [-0.05, 0) is 30.2 Å². The zero-order chi connectivity index (χ0) is 16.0. The minimum Gasteiger partial charge on any atom is -0.328 e. The number of hydrogen-bond acceptors (Lipinski definition) is 4. The molecule has 114 valence electrons. The van der Waals surface area contributed by atoms with Crippen LogP contribution in [0.5, 0.6) is 0 Å². The summed E-state index contributed by atoms with van der Waals surface area (Å²) in [5.41, 5.74) is 2.61. The molecular formula is C18H16N4O. The fourth-order valence-electron chi connectivity index (χ4n) is 3.32. The highest BCUT2D eigenvalue weighted by Crippen LogP contribution is 2.37. The Hall–Kier alpha value is -2.95. The number of benzene rings is 2. The van der Waals surface area contributed by atoms with Crippen molar-refractivity contribution in [2.45, 2.75) is 19.9 Å². The van der Waals surface area contributed by atoms with Gasteiger partial charge in [0.25, 0.3) is 0 Å². The van der Waals surface area contributed by atoms with Crippen LogP contribution in [0.2, 0.25) is 0 Å². The van der Waals surface area contributed by atoms with Crippen molar-refractivity contribution in [3.63, 3.8) is 0 Å². The summed E-state index contributed by atoms with van der Waals surface area (Å²) < 4.78 is 1.78. The van der Waals surface area contributed by atoms with Gasteiger partial charge in [0.1, 0.15) is 12.4 Å². The van der Waals surface area contributed by atoms with Crippen LogP contribution >= 0.6 is 0 Å². The maximum Gasteiger partial charge on any atom is 0.226 e. The first-order valence-electron chi connectivity index (χ1n) is 7.52. The highest BCUT2D eigenvalue weighted by molar-refractivity contribution is 5.98. The maximum absolute atomic E-state index is 12.3. The van der Waals surface area contributed by atoms with E-state index in [4.69, 9.17) is 0 Å². The summed E-state index contributed by atoms with van der Waals surface area (Å²) in [7, 11) is 0. The molecule has 3 aromatic rings. The number of aromatic nitrogens is 3. The Bertz CT molecular complexity index is 949. The number of carbonyl (C=O) groups is 1. The molecular weight excluding hydrogens is 288 g/mol. The molecule has 0 unspecified atom stereocenters. The molecule has 23 heavy (non-hydrogen) atoms. The van der Waals surface area contributed by atoms with E-state index in [-0.39, 0.29) is 11.8 Å². The third kappa shape index (κ3) is 2.04. The lowest BCUT2D eigenvalue weighted by atomic mass is 9.90. The zero-order valence-corrected chi connectivity index (χ0v) is 12.9. The molecule has 2 aromatic carbocycles. The van der Waals surface area contributed by atoms with Crippen molar-refractivity contribution in [1.29, 1.82) is 0 Å². The van der Waals surface area contributed by atoms with Gasteiger partial charge < -0.3 is 5.32 Å². The SMILES string of the molecule is CC(=O)C1=C(C)Nc2ncnn2[C@H]1c1cccc2ccccc12. The van der Waals surface area contributed by atoms with Crippen molar-refractivity contribution in [3.8, 4) is 0 Å². The molecule has 0 amide bonds. The summed E-state index contributed by atoms with van der Waals surface area (Å²) in [6.07, 6.45) is 1.51. The Balaban J connectivity index is 2.04. The van der Waals surface area contributed by atoms with Gasteiger partial charge in [0, 0.05) is 11.3 Å². The number of nitrogens with zero attached hydrogens (tertiary/aromatic N) is 3. The van der Waals surface area contributed by atoms with Gasteiger partial charge in [-0.3, -0.25) is 4.79 Å². The first-order valence-corrected chi connectivity index (χ1v) is 7.52. The van der Waals surface area contributed by atoms with Crippen molar-refractivity contribution in [3.05, 3.63) is 65.6 Å². The van der Waals surface area contributed by atoms with Gasteiger partial charge in [0.05, 0.1) is 0 Å². The molecule has 4 rings (SSSR count). The quantitative estimate of drug-likeness (QED) is 0.789. The van der Waals surface area contributed by atoms with Crippen LogP contribution in [0, 0.1) is 0 Å². The fourth-order valence-corrected chi connectivity index (χ4v) is 3.32. The predicted octanol–water partition coefficient (Wildman–Crippen LogP) is 3.31. The number of carbonyl (C=O) groups excluding carboxylic acids is 1. The Morgan fingerprint density at radius 2 is 1.96 bits per heavy atom. The summed E-state index contributed by atoms with van der Waals surface area (Å²) in [6, 6.07) is 14.1. The van der Waals surface area contributed by atoms with Crippen molar-refractivity contribution >= 4 is 22.5 Å². The third-order valence-electron chi connectivity index (χ3n) is 4.29. The summed E-state index contributed by atoms with van der Waals surface area (Å²) >= 11 is 0. The molecule has 0 saturated carbocycles. The number of hydrogen-bond donors (Lipinski definition) is 1. The van der Waals surface area contributed by atoms with E-state index in [1.165, 1.54) is 6.33 Å². The number of rotatable bonds is 2. The normalized spacial score (nSPS) is 17.0. The van der Waals surface area contributed by atoms with Crippen molar-refractivity contribution in [2.75, 3.05) is 5.32 Å². The number of anilines is 1. The molecule has 1 atom stereocenters. The molecule has 1 N–H and O–H groups in total. The van der Waals surface area contributed by atoms with Crippen molar-refractivity contribution in [1.82, 2.24) is 14.8 Å². The number of allylic oxidation sites excluding steroid dienone is 2. The average Bonchev–Trinajstić information content (AvgIpc) is 3.00. The molecule has 0 spiro atoms. The van der Waals surface area contributed by atoms with Crippen molar-refractivity contribution < 1.29 is 4.79 Å². The van der Waals surface area contributed by atoms with Crippen LogP contribution in [-0.4, -0.2) is 20.5 Å². The molecule has 0 bridgehead atoms. The minimum atomic E-state index is -0.266. The first-order chi connectivity index (χ1) is 11.2. The van der Waals surface area contributed by atoms with Gasteiger partial charge in [-0.1, -0.05) is 42.5 Å². The van der Waals surface area contributed by atoms with E-state index in [9.17, 15) is 4.79 Å². The Labute approximate surface area is 133 Å². The molecule has 1 aliphatic heterocycles.